The molecule has 0 spiro atoms. The summed E-state index contributed by atoms with van der Waals surface area (Å²) in [5.41, 5.74) is 1.68. The third-order valence-electron chi connectivity index (χ3n) is 4.40. The predicted molar refractivity (Wildman–Crippen MR) is 119 cm³/mol. The molecule has 0 aliphatic rings. The molecule has 156 valence electrons. The van der Waals surface area contributed by atoms with E-state index in [1.165, 1.54) is 19.2 Å². The number of carbonyl (C=O) groups is 1. The second kappa shape index (κ2) is 9.19. The maximum atomic E-state index is 13.3. The minimum atomic E-state index is -3.99. The Labute approximate surface area is 181 Å². The molecule has 0 saturated heterocycles. The van der Waals surface area contributed by atoms with Crippen molar-refractivity contribution in [3.8, 4) is 5.75 Å². The van der Waals surface area contributed by atoms with E-state index in [4.69, 9.17) is 16.3 Å². The molecule has 0 saturated carbocycles. The Balaban J connectivity index is 1.95. The Morgan fingerprint density at radius 2 is 1.63 bits per heavy atom. The maximum absolute atomic E-state index is 13.3. The van der Waals surface area contributed by atoms with Gasteiger partial charge in [0.2, 0.25) is 5.91 Å². The molecule has 0 radical (unpaired) electrons. The van der Waals surface area contributed by atoms with Gasteiger partial charge in [0, 0.05) is 0 Å². The van der Waals surface area contributed by atoms with E-state index < -0.39 is 22.5 Å². The molecule has 0 aliphatic carbocycles. The van der Waals surface area contributed by atoms with E-state index in [0.717, 1.165) is 9.87 Å². The van der Waals surface area contributed by atoms with Gasteiger partial charge in [0.1, 0.15) is 12.3 Å². The summed E-state index contributed by atoms with van der Waals surface area (Å²) in [4.78, 5) is 12.8. The first-order valence-electron chi connectivity index (χ1n) is 9.09. The second-order valence-electron chi connectivity index (χ2n) is 6.55. The zero-order chi connectivity index (χ0) is 21.7. The van der Waals surface area contributed by atoms with Crippen LogP contribution in [-0.2, 0) is 14.8 Å². The number of para-hydroxylation sites is 1. The van der Waals surface area contributed by atoms with E-state index in [0.29, 0.717) is 22.1 Å². The standard InChI is InChI=1S/C22H21ClN2O4S/c1-16-7-13-19(14-8-16)30(27,28)25(17-9-11-18(29-2)12-10-17)15-22(26)24-21-6-4-3-5-20(21)23/h3-14H,15H2,1-2H3,(H,24,26). The van der Waals surface area contributed by atoms with Crippen LogP contribution in [0.15, 0.2) is 77.7 Å². The van der Waals surface area contributed by atoms with Gasteiger partial charge in [0.05, 0.1) is 28.4 Å². The quantitative estimate of drug-likeness (QED) is 0.582. The molecule has 30 heavy (non-hydrogen) atoms. The molecule has 1 N–H and O–H groups in total. The van der Waals surface area contributed by atoms with Gasteiger partial charge in [0.15, 0.2) is 0 Å². The van der Waals surface area contributed by atoms with Crippen LogP contribution < -0.4 is 14.4 Å². The lowest BCUT2D eigenvalue weighted by Gasteiger charge is -2.24. The topological polar surface area (TPSA) is 75.7 Å². The summed E-state index contributed by atoms with van der Waals surface area (Å²) < 4.78 is 32.9. The fourth-order valence-corrected chi connectivity index (χ4v) is 4.39. The summed E-state index contributed by atoms with van der Waals surface area (Å²) in [7, 11) is -2.47. The van der Waals surface area contributed by atoms with Crippen molar-refractivity contribution in [2.24, 2.45) is 0 Å². The number of carbonyl (C=O) groups excluding carboxylic acids is 1. The van der Waals surface area contributed by atoms with Gasteiger partial charge in [-0.25, -0.2) is 8.42 Å². The normalized spacial score (nSPS) is 11.0. The smallest absolute Gasteiger partial charge is 0.264 e. The summed E-state index contributed by atoms with van der Waals surface area (Å²) in [6.07, 6.45) is 0. The number of hydrogen-bond donors (Lipinski definition) is 1. The van der Waals surface area contributed by atoms with Crippen LogP contribution in [0.2, 0.25) is 5.02 Å². The molecule has 0 aliphatic heterocycles. The average molecular weight is 445 g/mol. The van der Waals surface area contributed by atoms with Crippen molar-refractivity contribution in [1.29, 1.82) is 0 Å². The van der Waals surface area contributed by atoms with Gasteiger partial charge < -0.3 is 10.1 Å². The Hall–Kier alpha value is -3.03. The highest BCUT2D eigenvalue weighted by atomic mass is 35.5. The van der Waals surface area contributed by atoms with E-state index in [2.05, 4.69) is 5.32 Å². The van der Waals surface area contributed by atoms with Gasteiger partial charge in [-0.15, -0.1) is 0 Å². The van der Waals surface area contributed by atoms with Gasteiger partial charge in [-0.2, -0.15) is 0 Å². The van der Waals surface area contributed by atoms with Crippen LogP contribution >= 0.6 is 11.6 Å². The molecule has 6 nitrogen and oxygen atoms in total. The number of hydrogen-bond acceptors (Lipinski definition) is 4. The van der Waals surface area contributed by atoms with Crippen LogP contribution in [0, 0.1) is 6.92 Å². The lowest BCUT2D eigenvalue weighted by Crippen LogP contribution is -2.38. The number of rotatable bonds is 7. The van der Waals surface area contributed by atoms with Crippen molar-refractivity contribution >= 4 is 38.9 Å². The number of nitrogens with one attached hydrogen (secondary N) is 1. The third-order valence-corrected chi connectivity index (χ3v) is 6.52. The molecule has 8 heteroatoms. The number of nitrogens with zero attached hydrogens (tertiary/aromatic N) is 1. The molecule has 0 bridgehead atoms. The van der Waals surface area contributed by atoms with Crippen molar-refractivity contribution in [2.75, 3.05) is 23.3 Å². The highest BCUT2D eigenvalue weighted by molar-refractivity contribution is 7.92. The first-order valence-corrected chi connectivity index (χ1v) is 10.9. The Morgan fingerprint density at radius 1 is 1.00 bits per heavy atom. The van der Waals surface area contributed by atoms with Gasteiger partial charge in [-0.05, 0) is 55.5 Å². The van der Waals surface area contributed by atoms with Crippen LogP contribution in [0.1, 0.15) is 5.56 Å². The lowest BCUT2D eigenvalue weighted by atomic mass is 10.2. The second-order valence-corrected chi connectivity index (χ2v) is 8.82. The van der Waals surface area contributed by atoms with Crippen LogP contribution in [-0.4, -0.2) is 28.0 Å². The number of methoxy groups -OCH3 is 1. The molecule has 0 atom stereocenters. The van der Waals surface area contributed by atoms with Crippen molar-refractivity contribution < 1.29 is 17.9 Å². The largest absolute Gasteiger partial charge is 0.497 e. The molecular formula is C22H21ClN2O4S. The maximum Gasteiger partial charge on any atom is 0.264 e. The number of aryl methyl sites for hydroxylation is 1. The zero-order valence-electron chi connectivity index (χ0n) is 16.5. The molecule has 1 amide bonds. The molecule has 0 fully saturated rings. The summed E-state index contributed by atoms with van der Waals surface area (Å²) >= 11 is 6.10. The van der Waals surface area contributed by atoms with Crippen LogP contribution in [0.5, 0.6) is 5.75 Å². The average Bonchev–Trinajstić information content (AvgIpc) is 2.74. The summed E-state index contributed by atoms with van der Waals surface area (Å²) in [6.45, 7) is 1.45. The van der Waals surface area contributed by atoms with Crippen molar-refractivity contribution in [3.63, 3.8) is 0 Å². The summed E-state index contributed by atoms with van der Waals surface area (Å²) in [5, 5.41) is 3.03. The number of benzene rings is 3. The van der Waals surface area contributed by atoms with Gasteiger partial charge in [0.25, 0.3) is 10.0 Å². The van der Waals surface area contributed by atoms with E-state index in [-0.39, 0.29) is 4.90 Å². The highest BCUT2D eigenvalue weighted by Gasteiger charge is 2.27. The van der Waals surface area contributed by atoms with E-state index in [1.807, 2.05) is 6.92 Å². The minimum absolute atomic E-state index is 0.0921. The molecule has 0 aromatic heterocycles. The molecule has 3 rings (SSSR count). The molecule has 0 unspecified atom stereocenters. The van der Waals surface area contributed by atoms with E-state index in [9.17, 15) is 13.2 Å². The number of halogens is 1. The fourth-order valence-electron chi connectivity index (χ4n) is 2.78. The van der Waals surface area contributed by atoms with Crippen LogP contribution in [0.3, 0.4) is 0 Å². The fraction of sp³-hybridized carbons (Fsp3) is 0.136. The number of amides is 1. The van der Waals surface area contributed by atoms with Crippen LogP contribution in [0.4, 0.5) is 11.4 Å². The van der Waals surface area contributed by atoms with Crippen molar-refractivity contribution in [2.45, 2.75) is 11.8 Å². The number of sulfonamides is 1. The van der Waals surface area contributed by atoms with Crippen molar-refractivity contribution in [3.05, 3.63) is 83.4 Å². The lowest BCUT2D eigenvalue weighted by molar-refractivity contribution is -0.114. The van der Waals surface area contributed by atoms with E-state index >= 15 is 0 Å². The number of anilines is 2. The third kappa shape index (κ3) is 4.93. The first kappa shape index (κ1) is 21.7. The van der Waals surface area contributed by atoms with E-state index in [1.54, 1.807) is 60.7 Å². The van der Waals surface area contributed by atoms with Crippen LogP contribution in [0.25, 0.3) is 0 Å². The van der Waals surface area contributed by atoms with Crippen molar-refractivity contribution in [1.82, 2.24) is 0 Å². The first-order chi connectivity index (χ1) is 14.3. The minimum Gasteiger partial charge on any atom is -0.497 e. The van der Waals surface area contributed by atoms with Gasteiger partial charge in [-0.3, -0.25) is 9.10 Å². The molecule has 3 aromatic rings. The molecular weight excluding hydrogens is 424 g/mol. The Morgan fingerprint density at radius 3 is 2.23 bits per heavy atom. The predicted octanol–water partition coefficient (Wildman–Crippen LogP) is 4.49. The Bertz CT molecular complexity index is 1130. The highest BCUT2D eigenvalue weighted by Crippen LogP contribution is 2.27. The SMILES string of the molecule is COc1ccc(N(CC(=O)Nc2ccccc2Cl)S(=O)(=O)c2ccc(C)cc2)cc1. The monoisotopic (exact) mass is 444 g/mol. The summed E-state index contributed by atoms with van der Waals surface area (Å²) in [5.74, 6) is 0.0570. The number of ether oxygens (including phenoxy) is 1. The summed E-state index contributed by atoms with van der Waals surface area (Å²) in [6, 6.07) is 19.7. The molecule has 0 heterocycles. The van der Waals surface area contributed by atoms with Gasteiger partial charge >= 0.3 is 0 Å². The Kier molecular flexibility index (Phi) is 6.64. The molecule has 3 aromatic carbocycles. The zero-order valence-corrected chi connectivity index (χ0v) is 18.1. The van der Waals surface area contributed by atoms with Gasteiger partial charge in [-0.1, -0.05) is 41.4 Å².